The number of nitrogens with zero attached hydrogens (tertiary/aromatic N) is 4. The molecule has 5 atom stereocenters. The van der Waals surface area contributed by atoms with Crippen LogP contribution in [-0.4, -0.2) is 98.4 Å². The lowest BCUT2D eigenvalue weighted by molar-refractivity contribution is -0.141. The number of aliphatic carboxylic acids is 1. The summed E-state index contributed by atoms with van der Waals surface area (Å²) >= 11 is 0. The summed E-state index contributed by atoms with van der Waals surface area (Å²) in [5, 5.41) is 26.2. The lowest BCUT2D eigenvalue weighted by atomic mass is 9.79. The minimum absolute atomic E-state index is 0.0268. The highest BCUT2D eigenvalue weighted by atomic mass is 16.6. The van der Waals surface area contributed by atoms with Crippen LogP contribution in [0.3, 0.4) is 0 Å². The van der Waals surface area contributed by atoms with E-state index in [0.717, 1.165) is 0 Å². The number of hydrogen-bond acceptors (Lipinski definition) is 13. The lowest BCUT2D eigenvalue weighted by Crippen LogP contribution is -2.57. The zero-order chi connectivity index (χ0) is 44.0. The number of alkyl carbamates (subject to hydrolysis) is 1. The zero-order valence-electron chi connectivity index (χ0n) is 34.4. The molecule has 4 aromatic carbocycles. The summed E-state index contributed by atoms with van der Waals surface area (Å²) in [4.78, 5) is 52.9. The number of imidazole rings is 1. The molecule has 6 aromatic rings. The fourth-order valence-corrected chi connectivity index (χ4v) is 7.53. The second-order valence-corrected chi connectivity index (χ2v) is 15.0. The van der Waals surface area contributed by atoms with Crippen molar-refractivity contribution in [3.63, 3.8) is 0 Å². The summed E-state index contributed by atoms with van der Waals surface area (Å²) < 4.78 is 32.4. The number of aliphatic hydroxyl groups is 1. The van der Waals surface area contributed by atoms with Crippen LogP contribution in [0.15, 0.2) is 122 Å². The van der Waals surface area contributed by atoms with Gasteiger partial charge in [0.1, 0.15) is 47.2 Å². The van der Waals surface area contributed by atoms with Crippen molar-refractivity contribution in [1.82, 2.24) is 30.2 Å². The van der Waals surface area contributed by atoms with Crippen LogP contribution < -0.4 is 25.8 Å². The first-order valence-corrected chi connectivity index (χ1v) is 19.7. The molecule has 17 nitrogen and oxygen atoms in total. The molecule has 6 N–H and O–H groups in total. The van der Waals surface area contributed by atoms with Gasteiger partial charge >= 0.3 is 12.1 Å². The number of methoxy groups -OCH3 is 2. The first-order valence-electron chi connectivity index (χ1n) is 19.7. The number of aromatic nitrogens is 4. The normalized spacial score (nSPS) is 18.1. The standard InChI is InChI=1S/C45H47N7O10/c1-44(2,62-43(57)50-33(41(54)55)23-27-11-7-5-8-12-27)42(56)51-35-34(24-53)60-40(52-26-49-36-38(46)47-25-48-39(36)52)37(35)61-45(28-13-9-6-10-14-28,29-15-19-31(58-3)20-16-29)30-17-21-32(59-4)22-18-30/h5-22,25-26,33-35,37,40,53H,23-24H2,1-4H3,(H,50,57)(H,51,56)(H,54,55)(H2,46,47,48)/t33-,34+,35+,37+,40+/m0/s1. The third-order valence-electron chi connectivity index (χ3n) is 10.7. The first-order chi connectivity index (χ1) is 29.9. The number of carbonyl (C=O) groups is 3. The average molecular weight is 846 g/mol. The van der Waals surface area contributed by atoms with Gasteiger partial charge in [-0.2, -0.15) is 0 Å². The van der Waals surface area contributed by atoms with Crippen molar-refractivity contribution in [3.8, 4) is 11.5 Å². The molecule has 1 aliphatic rings. The summed E-state index contributed by atoms with van der Waals surface area (Å²) in [6.45, 7) is 2.13. The number of nitrogens with one attached hydrogen (secondary N) is 2. The number of nitrogen functional groups attached to an aromatic ring is 1. The number of benzene rings is 4. The summed E-state index contributed by atoms with van der Waals surface area (Å²) in [6, 6.07) is 30.4. The molecule has 0 radical (unpaired) electrons. The Kier molecular flexibility index (Phi) is 12.7. The third-order valence-corrected chi connectivity index (χ3v) is 10.7. The van der Waals surface area contributed by atoms with Crippen LogP contribution in [-0.2, 0) is 35.8 Å². The highest BCUT2D eigenvalue weighted by Gasteiger charge is 2.53. The molecule has 2 amide bonds. The van der Waals surface area contributed by atoms with Crippen LogP contribution in [0.1, 0.15) is 42.3 Å². The molecule has 1 saturated heterocycles. The van der Waals surface area contributed by atoms with Gasteiger partial charge in [0.25, 0.3) is 5.91 Å². The SMILES string of the molecule is COc1ccc(C(O[C@@H]2[C@H](NC(=O)C(C)(C)OC(=O)N[C@@H](Cc3ccccc3)C(=O)O)[C@@H](CO)O[C@H]2n2cnc3c(N)ncnc32)(c2ccccc2)c2ccc(OC)cc2)cc1. The van der Waals surface area contributed by atoms with E-state index in [2.05, 4.69) is 25.6 Å². The van der Waals surface area contributed by atoms with Crippen molar-refractivity contribution in [2.24, 2.45) is 0 Å². The van der Waals surface area contributed by atoms with E-state index in [0.29, 0.717) is 39.4 Å². The van der Waals surface area contributed by atoms with E-state index in [-0.39, 0.29) is 17.8 Å². The number of ether oxygens (including phenoxy) is 5. The molecular formula is C45H47N7O10. The molecule has 0 bridgehead atoms. The highest BCUT2D eigenvalue weighted by Crippen LogP contribution is 2.47. The highest BCUT2D eigenvalue weighted by molar-refractivity contribution is 5.88. The van der Waals surface area contributed by atoms with E-state index < -0.39 is 66.3 Å². The van der Waals surface area contributed by atoms with Crippen molar-refractivity contribution < 1.29 is 48.3 Å². The number of carboxylic acids is 1. The molecular weight excluding hydrogens is 799 g/mol. The Morgan fingerprint density at radius 2 is 1.42 bits per heavy atom. The van der Waals surface area contributed by atoms with E-state index >= 15 is 0 Å². The molecule has 17 heteroatoms. The Labute approximate surface area is 356 Å². The number of hydrogen-bond donors (Lipinski definition) is 5. The molecule has 0 spiro atoms. The Morgan fingerprint density at radius 1 is 0.839 bits per heavy atom. The van der Waals surface area contributed by atoms with Crippen LogP contribution in [0.4, 0.5) is 10.6 Å². The maximum Gasteiger partial charge on any atom is 0.408 e. The van der Waals surface area contributed by atoms with Crippen molar-refractivity contribution in [2.75, 3.05) is 26.6 Å². The molecule has 1 aliphatic heterocycles. The molecule has 7 rings (SSSR count). The molecule has 2 aromatic heterocycles. The van der Waals surface area contributed by atoms with E-state index in [1.165, 1.54) is 26.5 Å². The topological polar surface area (TPSA) is 232 Å². The number of carboxylic acid groups (broad SMARTS) is 1. The average Bonchev–Trinajstić information content (AvgIpc) is 3.87. The van der Waals surface area contributed by atoms with E-state index in [1.807, 2.05) is 54.6 Å². The first kappa shape index (κ1) is 43.0. The second-order valence-electron chi connectivity index (χ2n) is 15.0. The van der Waals surface area contributed by atoms with Gasteiger partial charge < -0.3 is 50.3 Å². The number of rotatable bonds is 16. The molecule has 62 heavy (non-hydrogen) atoms. The minimum atomic E-state index is -1.89. The Morgan fingerprint density at radius 3 is 1.98 bits per heavy atom. The van der Waals surface area contributed by atoms with Crippen LogP contribution in [0.5, 0.6) is 11.5 Å². The number of amides is 2. The van der Waals surface area contributed by atoms with Crippen LogP contribution in [0.2, 0.25) is 0 Å². The fourth-order valence-electron chi connectivity index (χ4n) is 7.53. The second kappa shape index (κ2) is 18.3. The van der Waals surface area contributed by atoms with Gasteiger partial charge in [0.05, 0.1) is 33.2 Å². The number of aliphatic hydroxyl groups excluding tert-OH is 1. The van der Waals surface area contributed by atoms with Crippen molar-refractivity contribution >= 4 is 35.0 Å². The molecule has 0 unspecified atom stereocenters. The maximum absolute atomic E-state index is 14.4. The summed E-state index contributed by atoms with van der Waals surface area (Å²) in [5.74, 6) is -0.774. The van der Waals surface area contributed by atoms with Crippen molar-refractivity contribution in [2.45, 2.75) is 62.0 Å². The molecule has 0 saturated carbocycles. The summed E-state index contributed by atoms with van der Waals surface area (Å²) in [7, 11) is 3.13. The maximum atomic E-state index is 14.4. The van der Waals surface area contributed by atoms with Crippen LogP contribution >= 0.6 is 0 Å². The zero-order valence-corrected chi connectivity index (χ0v) is 34.4. The van der Waals surface area contributed by atoms with Gasteiger partial charge in [-0.25, -0.2) is 24.5 Å². The smallest absolute Gasteiger partial charge is 0.408 e. The van der Waals surface area contributed by atoms with Gasteiger partial charge in [0.2, 0.25) is 0 Å². The number of anilines is 1. The van der Waals surface area contributed by atoms with Gasteiger partial charge in [-0.05, 0) is 60.4 Å². The molecule has 0 aliphatic carbocycles. The number of carbonyl (C=O) groups excluding carboxylic acids is 2. The summed E-state index contributed by atoms with van der Waals surface area (Å²) in [6.07, 6.45) is -1.83. The van der Waals surface area contributed by atoms with Crippen molar-refractivity contribution in [3.05, 3.63) is 144 Å². The van der Waals surface area contributed by atoms with Crippen molar-refractivity contribution in [1.29, 1.82) is 0 Å². The van der Waals surface area contributed by atoms with Gasteiger partial charge in [-0.15, -0.1) is 0 Å². The van der Waals surface area contributed by atoms with Gasteiger partial charge in [0.15, 0.2) is 23.3 Å². The van der Waals surface area contributed by atoms with Gasteiger partial charge in [-0.1, -0.05) is 84.9 Å². The lowest BCUT2D eigenvalue weighted by Gasteiger charge is -2.41. The van der Waals surface area contributed by atoms with E-state index in [1.54, 1.807) is 73.4 Å². The molecule has 3 heterocycles. The fraction of sp³-hybridized carbons (Fsp3) is 0.289. The Bertz CT molecular complexity index is 2440. The van der Waals surface area contributed by atoms with Gasteiger partial charge in [0, 0.05) is 6.42 Å². The van der Waals surface area contributed by atoms with Crippen LogP contribution in [0, 0.1) is 0 Å². The third kappa shape index (κ3) is 8.72. The minimum Gasteiger partial charge on any atom is -0.497 e. The quantitative estimate of drug-likeness (QED) is 0.0852. The monoisotopic (exact) mass is 845 g/mol. The predicted molar refractivity (Wildman–Crippen MR) is 225 cm³/mol. The predicted octanol–water partition coefficient (Wildman–Crippen LogP) is 4.38. The number of nitrogens with two attached hydrogens (primary N) is 1. The molecule has 322 valence electrons. The Balaban J connectivity index is 1.31. The van der Waals surface area contributed by atoms with Gasteiger partial charge in [-0.3, -0.25) is 9.36 Å². The van der Waals surface area contributed by atoms with E-state index in [9.17, 15) is 24.6 Å². The Hall–Kier alpha value is -7.08. The number of fused-ring (bicyclic) bond motifs is 1. The largest absolute Gasteiger partial charge is 0.497 e. The summed E-state index contributed by atoms with van der Waals surface area (Å²) in [5.41, 5.74) is 6.12. The molecule has 1 fully saturated rings. The van der Waals surface area contributed by atoms with E-state index in [4.69, 9.17) is 29.4 Å². The van der Waals surface area contributed by atoms with Crippen LogP contribution in [0.25, 0.3) is 11.2 Å².